The van der Waals surface area contributed by atoms with Gasteiger partial charge in [-0.1, -0.05) is 30.3 Å². The summed E-state index contributed by atoms with van der Waals surface area (Å²) in [6.45, 7) is 4.40. The zero-order valence-electron chi connectivity index (χ0n) is 13.3. The van der Waals surface area contributed by atoms with E-state index in [9.17, 15) is 9.59 Å². The molecule has 1 aliphatic heterocycles. The Bertz CT molecular complexity index is 739. The molecule has 2 aromatic rings. The van der Waals surface area contributed by atoms with Crippen LogP contribution in [0.3, 0.4) is 0 Å². The second kappa shape index (κ2) is 7.85. The van der Waals surface area contributed by atoms with Gasteiger partial charge in [0.05, 0.1) is 18.9 Å². The van der Waals surface area contributed by atoms with Crippen LogP contribution in [0.15, 0.2) is 41.2 Å². The van der Waals surface area contributed by atoms with Gasteiger partial charge in [0.1, 0.15) is 5.56 Å². The van der Waals surface area contributed by atoms with Crippen LogP contribution in [0.4, 0.5) is 0 Å². The molecule has 7 heteroatoms. The van der Waals surface area contributed by atoms with Gasteiger partial charge in [0, 0.05) is 31.7 Å². The normalized spacial score (nSPS) is 15.2. The van der Waals surface area contributed by atoms with Crippen LogP contribution in [0.2, 0.25) is 0 Å². The lowest BCUT2D eigenvalue weighted by Gasteiger charge is -2.26. The second-order valence-corrected chi connectivity index (χ2v) is 5.57. The molecule has 126 valence electrons. The van der Waals surface area contributed by atoms with Crippen LogP contribution in [0.5, 0.6) is 0 Å². The lowest BCUT2D eigenvalue weighted by Crippen LogP contribution is -2.42. The van der Waals surface area contributed by atoms with E-state index >= 15 is 0 Å². The highest BCUT2D eigenvalue weighted by molar-refractivity contribution is 5.94. The molecule has 0 aliphatic carbocycles. The Labute approximate surface area is 139 Å². The van der Waals surface area contributed by atoms with E-state index in [1.165, 1.54) is 6.07 Å². The number of rotatable bonds is 5. The molecule has 2 heterocycles. The number of hydrogen-bond acceptors (Lipinski definition) is 5. The van der Waals surface area contributed by atoms with Crippen molar-refractivity contribution in [3.63, 3.8) is 0 Å². The monoisotopic (exact) mass is 328 g/mol. The molecule has 0 spiro atoms. The number of benzene rings is 1. The van der Waals surface area contributed by atoms with Crippen molar-refractivity contribution in [2.45, 2.75) is 0 Å². The molecule has 1 aromatic carbocycles. The number of amides is 1. The summed E-state index contributed by atoms with van der Waals surface area (Å²) in [5.41, 5.74) is 0.994. The summed E-state index contributed by atoms with van der Waals surface area (Å²) in [4.78, 5) is 26.4. The third-order valence-corrected chi connectivity index (χ3v) is 3.94. The number of carbonyl (C=O) groups excluding carboxylic acids is 1. The van der Waals surface area contributed by atoms with Crippen molar-refractivity contribution in [1.82, 2.24) is 20.4 Å². The van der Waals surface area contributed by atoms with E-state index < -0.39 is 5.56 Å². The lowest BCUT2D eigenvalue weighted by atomic mass is 10.1. The molecule has 0 saturated carbocycles. The Hall–Kier alpha value is -2.51. The van der Waals surface area contributed by atoms with Crippen LogP contribution in [0.25, 0.3) is 11.3 Å². The van der Waals surface area contributed by atoms with Gasteiger partial charge in [-0.2, -0.15) is 5.10 Å². The predicted octanol–water partition coefficient (Wildman–Crippen LogP) is 0.499. The molecule has 3 rings (SSSR count). The number of H-pyrrole nitrogens is 1. The van der Waals surface area contributed by atoms with Crippen molar-refractivity contribution >= 4 is 5.91 Å². The zero-order valence-corrected chi connectivity index (χ0v) is 13.3. The fourth-order valence-electron chi connectivity index (χ4n) is 2.58. The van der Waals surface area contributed by atoms with Crippen LogP contribution in [-0.2, 0) is 4.74 Å². The Morgan fingerprint density at radius 1 is 1.25 bits per heavy atom. The van der Waals surface area contributed by atoms with E-state index in [1.54, 1.807) is 0 Å². The minimum Gasteiger partial charge on any atom is -0.379 e. The molecule has 0 radical (unpaired) electrons. The summed E-state index contributed by atoms with van der Waals surface area (Å²) >= 11 is 0. The van der Waals surface area contributed by atoms with E-state index in [1.807, 2.05) is 30.3 Å². The van der Waals surface area contributed by atoms with Crippen molar-refractivity contribution in [3.05, 3.63) is 52.3 Å². The van der Waals surface area contributed by atoms with Gasteiger partial charge in [0.2, 0.25) is 0 Å². The van der Waals surface area contributed by atoms with Crippen LogP contribution in [-0.4, -0.2) is 60.4 Å². The van der Waals surface area contributed by atoms with Gasteiger partial charge in [0.25, 0.3) is 11.5 Å². The van der Waals surface area contributed by atoms with Crippen molar-refractivity contribution in [2.75, 3.05) is 39.4 Å². The highest BCUT2D eigenvalue weighted by Gasteiger charge is 2.14. The summed E-state index contributed by atoms with van der Waals surface area (Å²) in [5, 5.41) is 9.20. The smallest absolute Gasteiger partial charge is 0.277 e. The average Bonchev–Trinajstić information content (AvgIpc) is 2.63. The van der Waals surface area contributed by atoms with Crippen LogP contribution in [0.1, 0.15) is 10.4 Å². The fourth-order valence-corrected chi connectivity index (χ4v) is 2.58. The molecule has 0 bridgehead atoms. The van der Waals surface area contributed by atoms with Crippen molar-refractivity contribution < 1.29 is 9.53 Å². The van der Waals surface area contributed by atoms with E-state index in [-0.39, 0.29) is 11.5 Å². The van der Waals surface area contributed by atoms with E-state index in [0.29, 0.717) is 12.2 Å². The SMILES string of the molecule is O=C(NCCN1CCOCC1)c1cc(-c2ccccc2)n[nH]c1=O. The van der Waals surface area contributed by atoms with Crippen LogP contribution in [0, 0.1) is 0 Å². The molecular weight excluding hydrogens is 308 g/mol. The largest absolute Gasteiger partial charge is 0.379 e. The number of nitrogens with one attached hydrogen (secondary N) is 2. The minimum atomic E-state index is -0.487. The third kappa shape index (κ3) is 4.06. The highest BCUT2D eigenvalue weighted by Crippen LogP contribution is 2.14. The van der Waals surface area contributed by atoms with Crippen LogP contribution < -0.4 is 10.9 Å². The van der Waals surface area contributed by atoms with Gasteiger partial charge >= 0.3 is 0 Å². The molecule has 24 heavy (non-hydrogen) atoms. The molecule has 0 unspecified atom stereocenters. The first-order chi connectivity index (χ1) is 11.7. The van der Waals surface area contributed by atoms with E-state index in [2.05, 4.69) is 20.4 Å². The van der Waals surface area contributed by atoms with Crippen molar-refractivity contribution in [3.8, 4) is 11.3 Å². The molecule has 7 nitrogen and oxygen atoms in total. The molecule has 1 fully saturated rings. The summed E-state index contributed by atoms with van der Waals surface area (Å²) < 4.78 is 5.29. The highest BCUT2D eigenvalue weighted by atomic mass is 16.5. The molecule has 0 atom stereocenters. The van der Waals surface area contributed by atoms with E-state index in [4.69, 9.17) is 4.74 Å². The first-order valence-corrected chi connectivity index (χ1v) is 7.97. The first-order valence-electron chi connectivity index (χ1n) is 7.97. The number of hydrogen-bond donors (Lipinski definition) is 2. The molecule has 1 amide bonds. The van der Waals surface area contributed by atoms with Crippen LogP contribution >= 0.6 is 0 Å². The van der Waals surface area contributed by atoms with Gasteiger partial charge in [-0.25, -0.2) is 5.10 Å². The third-order valence-electron chi connectivity index (χ3n) is 3.94. The minimum absolute atomic E-state index is 0.0748. The summed E-state index contributed by atoms with van der Waals surface area (Å²) in [5.74, 6) is -0.385. The number of aromatic nitrogens is 2. The Balaban J connectivity index is 1.64. The number of carbonyl (C=O) groups is 1. The van der Waals surface area contributed by atoms with Gasteiger partial charge < -0.3 is 10.1 Å². The number of aromatic amines is 1. The summed E-state index contributed by atoms with van der Waals surface area (Å²) in [6, 6.07) is 10.9. The second-order valence-electron chi connectivity index (χ2n) is 5.57. The summed E-state index contributed by atoms with van der Waals surface area (Å²) in [6.07, 6.45) is 0. The number of morpholine rings is 1. The fraction of sp³-hybridized carbons (Fsp3) is 0.353. The van der Waals surface area contributed by atoms with Gasteiger partial charge in [-0.15, -0.1) is 0 Å². The van der Waals surface area contributed by atoms with Crippen molar-refractivity contribution in [2.24, 2.45) is 0 Å². The maximum Gasteiger partial charge on any atom is 0.277 e. The average molecular weight is 328 g/mol. The first kappa shape index (κ1) is 16.4. The standard InChI is InChI=1S/C17H20N4O3/c22-16(18-6-7-21-8-10-24-11-9-21)14-12-15(19-20-17(14)23)13-4-2-1-3-5-13/h1-5,12H,6-11H2,(H,18,22)(H,20,23). The number of ether oxygens (including phenoxy) is 1. The molecule has 1 aliphatic rings. The van der Waals surface area contributed by atoms with Gasteiger partial charge in [-0.3, -0.25) is 14.5 Å². The number of nitrogens with zero attached hydrogens (tertiary/aromatic N) is 2. The maximum atomic E-state index is 12.3. The van der Waals surface area contributed by atoms with Crippen molar-refractivity contribution in [1.29, 1.82) is 0 Å². The Kier molecular flexibility index (Phi) is 5.35. The maximum absolute atomic E-state index is 12.3. The van der Waals surface area contributed by atoms with Gasteiger partial charge in [-0.05, 0) is 6.07 Å². The predicted molar refractivity (Wildman–Crippen MR) is 89.9 cm³/mol. The zero-order chi connectivity index (χ0) is 16.8. The molecular formula is C17H20N4O3. The topological polar surface area (TPSA) is 87.3 Å². The Morgan fingerprint density at radius 3 is 2.75 bits per heavy atom. The van der Waals surface area contributed by atoms with E-state index in [0.717, 1.165) is 38.4 Å². The summed E-state index contributed by atoms with van der Waals surface area (Å²) in [7, 11) is 0. The quantitative estimate of drug-likeness (QED) is 0.834. The lowest BCUT2D eigenvalue weighted by molar-refractivity contribution is 0.0383. The van der Waals surface area contributed by atoms with Gasteiger partial charge in [0.15, 0.2) is 0 Å². The molecule has 1 saturated heterocycles. The molecule has 2 N–H and O–H groups in total. The Morgan fingerprint density at radius 2 is 2.00 bits per heavy atom. The molecule has 1 aromatic heterocycles.